The Morgan fingerprint density at radius 1 is 1.35 bits per heavy atom. The van der Waals surface area contributed by atoms with E-state index in [9.17, 15) is 4.79 Å². The second-order valence-electron chi connectivity index (χ2n) is 7.37. The Labute approximate surface area is 155 Å². The Bertz CT molecular complexity index is 733. The number of nitrogens with zero attached hydrogens (tertiary/aromatic N) is 4. The van der Waals surface area contributed by atoms with E-state index in [1.807, 2.05) is 32.2 Å². The van der Waals surface area contributed by atoms with Crippen LogP contribution in [0.4, 0.5) is 5.82 Å². The van der Waals surface area contributed by atoms with E-state index in [0.29, 0.717) is 18.2 Å². The number of nitrogens with one attached hydrogen (secondary N) is 1. The van der Waals surface area contributed by atoms with Crippen molar-refractivity contribution >= 4 is 11.7 Å². The third-order valence-corrected chi connectivity index (χ3v) is 5.16. The van der Waals surface area contributed by atoms with Crippen LogP contribution in [-0.4, -0.2) is 33.8 Å². The second kappa shape index (κ2) is 8.34. The number of rotatable bonds is 6. The fourth-order valence-corrected chi connectivity index (χ4v) is 3.54. The van der Waals surface area contributed by atoms with Crippen LogP contribution in [0.25, 0.3) is 0 Å². The van der Waals surface area contributed by atoms with E-state index in [1.165, 1.54) is 32.1 Å². The summed E-state index contributed by atoms with van der Waals surface area (Å²) in [6.45, 7) is 4.54. The van der Waals surface area contributed by atoms with Crippen LogP contribution >= 0.6 is 0 Å². The SMILES string of the molecule is CC(C)n1cc(C(=O)NCc2cccnc2N(C)C2CCCCC2)cn1. The van der Waals surface area contributed by atoms with Gasteiger partial charge in [0.05, 0.1) is 11.8 Å². The number of aromatic nitrogens is 3. The lowest BCUT2D eigenvalue weighted by Gasteiger charge is -2.33. The molecule has 0 saturated heterocycles. The third-order valence-electron chi connectivity index (χ3n) is 5.16. The first-order valence-corrected chi connectivity index (χ1v) is 9.55. The lowest BCUT2D eigenvalue weighted by Crippen LogP contribution is -2.35. The Morgan fingerprint density at radius 2 is 2.12 bits per heavy atom. The van der Waals surface area contributed by atoms with Gasteiger partial charge in [-0.3, -0.25) is 9.48 Å². The van der Waals surface area contributed by atoms with Crippen LogP contribution in [0.3, 0.4) is 0 Å². The van der Waals surface area contributed by atoms with Gasteiger partial charge in [-0.05, 0) is 32.8 Å². The molecule has 0 bridgehead atoms. The van der Waals surface area contributed by atoms with E-state index in [-0.39, 0.29) is 11.9 Å². The summed E-state index contributed by atoms with van der Waals surface area (Å²) in [6, 6.07) is 4.75. The first kappa shape index (κ1) is 18.4. The van der Waals surface area contributed by atoms with Gasteiger partial charge in [-0.25, -0.2) is 4.98 Å². The average molecular weight is 355 g/mol. The first-order chi connectivity index (χ1) is 12.6. The molecule has 1 aliphatic rings. The molecule has 6 heteroatoms. The minimum absolute atomic E-state index is 0.105. The number of carbonyl (C=O) groups excluding carboxylic acids is 1. The number of anilines is 1. The zero-order valence-electron chi connectivity index (χ0n) is 16.0. The predicted molar refractivity (Wildman–Crippen MR) is 103 cm³/mol. The van der Waals surface area contributed by atoms with Crippen molar-refractivity contribution in [3.63, 3.8) is 0 Å². The Morgan fingerprint density at radius 3 is 2.81 bits per heavy atom. The van der Waals surface area contributed by atoms with Crippen molar-refractivity contribution in [2.24, 2.45) is 0 Å². The molecule has 1 saturated carbocycles. The molecule has 0 unspecified atom stereocenters. The van der Waals surface area contributed by atoms with Gasteiger partial charge in [0.25, 0.3) is 5.91 Å². The highest BCUT2D eigenvalue weighted by molar-refractivity contribution is 5.93. The van der Waals surface area contributed by atoms with Crippen molar-refractivity contribution < 1.29 is 4.79 Å². The van der Waals surface area contributed by atoms with E-state index in [1.54, 1.807) is 17.1 Å². The van der Waals surface area contributed by atoms with Gasteiger partial charge in [-0.15, -0.1) is 0 Å². The van der Waals surface area contributed by atoms with Crippen LogP contribution in [0.2, 0.25) is 0 Å². The summed E-state index contributed by atoms with van der Waals surface area (Å²) in [6.07, 6.45) is 11.6. The van der Waals surface area contributed by atoms with Gasteiger partial charge in [0.2, 0.25) is 0 Å². The Balaban J connectivity index is 1.66. The lowest BCUT2D eigenvalue weighted by atomic mass is 9.94. The summed E-state index contributed by atoms with van der Waals surface area (Å²) in [5.41, 5.74) is 1.63. The number of pyridine rings is 1. The zero-order chi connectivity index (χ0) is 18.5. The molecule has 1 N–H and O–H groups in total. The van der Waals surface area contributed by atoms with Crippen LogP contribution in [0.1, 0.15) is 67.9 Å². The molecule has 6 nitrogen and oxygen atoms in total. The zero-order valence-corrected chi connectivity index (χ0v) is 16.0. The normalized spacial score (nSPS) is 15.2. The smallest absolute Gasteiger partial charge is 0.254 e. The highest BCUT2D eigenvalue weighted by Gasteiger charge is 2.21. The third kappa shape index (κ3) is 4.23. The standard InChI is InChI=1S/C20H29N5O/c1-15(2)25-14-17(13-23-25)20(26)22-12-16-8-7-11-21-19(16)24(3)18-9-5-4-6-10-18/h7-8,11,13-15,18H,4-6,9-10,12H2,1-3H3,(H,22,26). The monoisotopic (exact) mass is 355 g/mol. The summed E-state index contributed by atoms with van der Waals surface area (Å²) in [4.78, 5) is 19.3. The van der Waals surface area contributed by atoms with Crippen molar-refractivity contribution in [2.45, 2.75) is 64.6 Å². The second-order valence-corrected chi connectivity index (χ2v) is 7.37. The Kier molecular flexibility index (Phi) is 5.91. The quantitative estimate of drug-likeness (QED) is 0.861. The molecule has 3 rings (SSSR count). The minimum atomic E-state index is -0.105. The number of hydrogen-bond donors (Lipinski definition) is 1. The largest absolute Gasteiger partial charge is 0.356 e. The summed E-state index contributed by atoms with van der Waals surface area (Å²) in [7, 11) is 2.12. The molecule has 0 radical (unpaired) electrons. The average Bonchev–Trinajstić information content (AvgIpc) is 3.17. The maximum atomic E-state index is 12.4. The molecule has 2 aromatic heterocycles. The summed E-state index contributed by atoms with van der Waals surface area (Å²) >= 11 is 0. The molecule has 0 aromatic carbocycles. The summed E-state index contributed by atoms with van der Waals surface area (Å²) in [5, 5.41) is 7.24. The molecular weight excluding hydrogens is 326 g/mol. The topological polar surface area (TPSA) is 63.1 Å². The van der Waals surface area contributed by atoms with Crippen molar-refractivity contribution in [2.75, 3.05) is 11.9 Å². The number of hydrogen-bond acceptors (Lipinski definition) is 4. The summed E-state index contributed by atoms with van der Waals surface area (Å²) < 4.78 is 1.79. The van der Waals surface area contributed by atoms with Gasteiger partial charge in [-0.1, -0.05) is 25.3 Å². The molecule has 140 valence electrons. The lowest BCUT2D eigenvalue weighted by molar-refractivity contribution is 0.0951. The Hall–Kier alpha value is -2.37. The van der Waals surface area contributed by atoms with Crippen LogP contribution in [0, 0.1) is 0 Å². The maximum Gasteiger partial charge on any atom is 0.254 e. The maximum absolute atomic E-state index is 12.4. The number of amides is 1. The van der Waals surface area contributed by atoms with Crippen molar-refractivity contribution in [1.82, 2.24) is 20.1 Å². The highest BCUT2D eigenvalue weighted by Crippen LogP contribution is 2.26. The molecule has 26 heavy (non-hydrogen) atoms. The molecule has 1 amide bonds. The van der Waals surface area contributed by atoms with Crippen LogP contribution in [-0.2, 0) is 6.54 Å². The van der Waals surface area contributed by atoms with Gasteiger partial charge in [0.15, 0.2) is 0 Å². The van der Waals surface area contributed by atoms with Crippen molar-refractivity contribution in [3.8, 4) is 0 Å². The molecule has 2 aromatic rings. The molecular formula is C20H29N5O. The van der Waals surface area contributed by atoms with Gasteiger partial charge < -0.3 is 10.2 Å². The molecule has 0 spiro atoms. The fraction of sp³-hybridized carbons (Fsp3) is 0.550. The van der Waals surface area contributed by atoms with E-state index in [4.69, 9.17) is 0 Å². The van der Waals surface area contributed by atoms with E-state index in [0.717, 1.165) is 11.4 Å². The molecule has 1 aliphatic carbocycles. The van der Waals surface area contributed by atoms with E-state index < -0.39 is 0 Å². The van der Waals surface area contributed by atoms with Crippen molar-refractivity contribution in [1.29, 1.82) is 0 Å². The van der Waals surface area contributed by atoms with Gasteiger partial charge in [0.1, 0.15) is 5.82 Å². The van der Waals surface area contributed by atoms with Gasteiger partial charge >= 0.3 is 0 Å². The fourth-order valence-electron chi connectivity index (χ4n) is 3.54. The van der Waals surface area contributed by atoms with Crippen molar-refractivity contribution in [3.05, 3.63) is 41.9 Å². The molecule has 1 fully saturated rings. The van der Waals surface area contributed by atoms with E-state index in [2.05, 4.69) is 27.3 Å². The van der Waals surface area contributed by atoms with E-state index >= 15 is 0 Å². The highest BCUT2D eigenvalue weighted by atomic mass is 16.1. The first-order valence-electron chi connectivity index (χ1n) is 9.55. The minimum Gasteiger partial charge on any atom is -0.356 e. The molecule has 0 atom stereocenters. The van der Waals surface area contributed by atoms with Crippen LogP contribution in [0.15, 0.2) is 30.7 Å². The summed E-state index contributed by atoms with van der Waals surface area (Å²) in [5.74, 6) is 0.865. The predicted octanol–water partition coefficient (Wildman–Crippen LogP) is 3.56. The van der Waals surface area contributed by atoms with Crippen LogP contribution < -0.4 is 10.2 Å². The van der Waals surface area contributed by atoms with Gasteiger partial charge in [0, 0.05) is 43.6 Å². The molecule has 0 aliphatic heterocycles. The van der Waals surface area contributed by atoms with Gasteiger partial charge in [-0.2, -0.15) is 5.10 Å². The molecule has 2 heterocycles. The number of carbonyl (C=O) groups is 1. The van der Waals surface area contributed by atoms with Crippen LogP contribution in [0.5, 0.6) is 0 Å².